The molecule has 0 bridgehead atoms. The van der Waals surface area contributed by atoms with Gasteiger partial charge in [-0.2, -0.15) is 0 Å². The Morgan fingerprint density at radius 1 is 1.17 bits per heavy atom. The summed E-state index contributed by atoms with van der Waals surface area (Å²) in [7, 11) is 3.97. The number of pyridine rings is 1. The minimum Gasteiger partial charge on any atom is -0.363 e. The maximum Gasteiger partial charge on any atom is 0.128 e. The van der Waals surface area contributed by atoms with Gasteiger partial charge in [-0.05, 0) is 29.7 Å². The number of anilines is 1. The molecule has 18 heavy (non-hydrogen) atoms. The lowest BCUT2D eigenvalue weighted by Gasteiger charge is -2.18. The van der Waals surface area contributed by atoms with E-state index in [2.05, 4.69) is 18.0 Å². The van der Waals surface area contributed by atoms with Crippen LogP contribution in [-0.4, -0.2) is 19.1 Å². The second kappa shape index (κ2) is 5.19. The topological polar surface area (TPSA) is 42.2 Å². The Bertz CT molecular complexity index is 521. The van der Waals surface area contributed by atoms with E-state index in [1.54, 1.807) is 0 Å². The Morgan fingerprint density at radius 3 is 2.39 bits per heavy atom. The number of aromatic nitrogens is 1. The van der Waals surface area contributed by atoms with Crippen molar-refractivity contribution in [2.24, 2.45) is 5.73 Å². The van der Waals surface area contributed by atoms with Crippen LogP contribution in [0.5, 0.6) is 0 Å². The summed E-state index contributed by atoms with van der Waals surface area (Å²) in [6, 6.07) is 12.1. The summed E-state index contributed by atoms with van der Waals surface area (Å²) in [4.78, 5) is 6.42. The molecule has 2 N–H and O–H groups in total. The summed E-state index contributed by atoms with van der Waals surface area (Å²) in [6.45, 7) is 2.08. The highest BCUT2D eigenvalue weighted by Gasteiger charge is 2.12. The molecule has 0 spiro atoms. The SMILES string of the molecule is Cc1cc(N(C)C)ncc1[C@H](N)c1ccccc1. The number of nitrogens with two attached hydrogens (primary N) is 1. The van der Waals surface area contributed by atoms with Crippen LogP contribution in [0.2, 0.25) is 0 Å². The van der Waals surface area contributed by atoms with Crippen LogP contribution in [0.15, 0.2) is 42.6 Å². The quantitative estimate of drug-likeness (QED) is 0.897. The number of hydrogen-bond donors (Lipinski definition) is 1. The number of nitrogens with zero attached hydrogens (tertiary/aromatic N) is 2. The maximum atomic E-state index is 6.29. The molecule has 0 saturated heterocycles. The molecular formula is C15H19N3. The fraction of sp³-hybridized carbons (Fsp3) is 0.267. The van der Waals surface area contributed by atoms with E-state index < -0.39 is 0 Å². The minimum absolute atomic E-state index is 0.116. The molecular weight excluding hydrogens is 222 g/mol. The molecule has 2 aromatic rings. The van der Waals surface area contributed by atoms with Crippen molar-refractivity contribution in [2.45, 2.75) is 13.0 Å². The van der Waals surface area contributed by atoms with Crippen LogP contribution in [-0.2, 0) is 0 Å². The first kappa shape index (κ1) is 12.6. The number of benzene rings is 1. The van der Waals surface area contributed by atoms with Gasteiger partial charge in [0.15, 0.2) is 0 Å². The fourth-order valence-corrected chi connectivity index (χ4v) is 1.96. The van der Waals surface area contributed by atoms with Crippen molar-refractivity contribution in [3.8, 4) is 0 Å². The third-order valence-corrected chi connectivity index (χ3v) is 3.09. The van der Waals surface area contributed by atoms with Gasteiger partial charge in [0, 0.05) is 20.3 Å². The van der Waals surface area contributed by atoms with Crippen LogP contribution in [0.25, 0.3) is 0 Å². The fourth-order valence-electron chi connectivity index (χ4n) is 1.96. The average Bonchev–Trinajstić information content (AvgIpc) is 2.38. The van der Waals surface area contributed by atoms with Gasteiger partial charge in [0.25, 0.3) is 0 Å². The molecule has 1 atom stereocenters. The van der Waals surface area contributed by atoms with Gasteiger partial charge in [-0.1, -0.05) is 30.3 Å². The van der Waals surface area contributed by atoms with Crippen LogP contribution in [0, 0.1) is 6.92 Å². The summed E-state index contributed by atoms with van der Waals surface area (Å²) in [5.74, 6) is 0.955. The van der Waals surface area contributed by atoms with Gasteiger partial charge in [-0.25, -0.2) is 4.98 Å². The lowest BCUT2D eigenvalue weighted by molar-refractivity contribution is 0.850. The summed E-state index contributed by atoms with van der Waals surface area (Å²) in [5, 5.41) is 0. The van der Waals surface area contributed by atoms with Crippen molar-refractivity contribution in [1.29, 1.82) is 0 Å². The largest absolute Gasteiger partial charge is 0.363 e. The molecule has 0 aliphatic heterocycles. The Morgan fingerprint density at radius 2 is 1.83 bits per heavy atom. The van der Waals surface area contributed by atoms with Crippen LogP contribution >= 0.6 is 0 Å². The van der Waals surface area contributed by atoms with Gasteiger partial charge in [-0.15, -0.1) is 0 Å². The van der Waals surface area contributed by atoms with Gasteiger partial charge < -0.3 is 10.6 Å². The lowest BCUT2D eigenvalue weighted by Crippen LogP contribution is -2.16. The first-order chi connectivity index (χ1) is 8.59. The van der Waals surface area contributed by atoms with Crippen molar-refractivity contribution in [3.63, 3.8) is 0 Å². The monoisotopic (exact) mass is 241 g/mol. The van der Waals surface area contributed by atoms with Gasteiger partial charge in [0.05, 0.1) is 6.04 Å². The average molecular weight is 241 g/mol. The van der Waals surface area contributed by atoms with Crippen LogP contribution < -0.4 is 10.6 Å². The lowest BCUT2D eigenvalue weighted by atomic mass is 9.97. The predicted molar refractivity (Wildman–Crippen MR) is 75.8 cm³/mol. The van der Waals surface area contributed by atoms with Crippen molar-refractivity contribution >= 4 is 5.82 Å². The molecule has 1 heterocycles. The van der Waals surface area contributed by atoms with E-state index in [-0.39, 0.29) is 6.04 Å². The van der Waals surface area contributed by atoms with Crippen LogP contribution in [0.4, 0.5) is 5.82 Å². The van der Waals surface area contributed by atoms with E-state index in [1.165, 1.54) is 5.56 Å². The zero-order valence-corrected chi connectivity index (χ0v) is 11.1. The van der Waals surface area contributed by atoms with E-state index in [9.17, 15) is 0 Å². The Labute approximate surface area is 108 Å². The van der Waals surface area contributed by atoms with Crippen molar-refractivity contribution in [3.05, 3.63) is 59.3 Å². The summed E-state index contributed by atoms with van der Waals surface area (Å²) in [5.41, 5.74) is 9.65. The molecule has 2 rings (SSSR count). The third kappa shape index (κ3) is 2.51. The second-order valence-corrected chi connectivity index (χ2v) is 4.68. The normalized spacial score (nSPS) is 12.2. The first-order valence-electron chi connectivity index (χ1n) is 6.04. The van der Waals surface area contributed by atoms with Crippen LogP contribution in [0.3, 0.4) is 0 Å². The molecule has 0 saturated carbocycles. The Balaban J connectivity index is 2.34. The number of rotatable bonds is 3. The maximum absolute atomic E-state index is 6.29. The highest BCUT2D eigenvalue weighted by molar-refractivity contribution is 5.44. The molecule has 94 valence electrons. The van der Waals surface area contributed by atoms with Crippen molar-refractivity contribution in [2.75, 3.05) is 19.0 Å². The van der Waals surface area contributed by atoms with Crippen molar-refractivity contribution in [1.82, 2.24) is 4.98 Å². The van der Waals surface area contributed by atoms with Gasteiger partial charge in [-0.3, -0.25) is 0 Å². The standard InChI is InChI=1S/C15H19N3/c1-11-9-14(18(2)3)17-10-13(11)15(16)12-7-5-4-6-8-12/h4-10,15H,16H2,1-3H3/t15-/m1/s1. The predicted octanol–water partition coefficient (Wildman–Crippen LogP) is 2.50. The van der Waals surface area contributed by atoms with Crippen molar-refractivity contribution < 1.29 is 0 Å². The zero-order chi connectivity index (χ0) is 13.1. The summed E-state index contributed by atoms with van der Waals surface area (Å²) >= 11 is 0. The van der Waals surface area contributed by atoms with Gasteiger partial charge >= 0.3 is 0 Å². The van der Waals surface area contributed by atoms with E-state index in [0.717, 1.165) is 16.9 Å². The molecule has 0 aliphatic rings. The molecule has 3 heteroatoms. The molecule has 0 amide bonds. The van der Waals surface area contributed by atoms with E-state index in [4.69, 9.17) is 5.73 Å². The molecule has 1 aromatic carbocycles. The minimum atomic E-state index is -0.116. The Hall–Kier alpha value is -1.87. The highest BCUT2D eigenvalue weighted by atomic mass is 15.1. The van der Waals surface area contributed by atoms with E-state index >= 15 is 0 Å². The first-order valence-corrected chi connectivity index (χ1v) is 6.04. The second-order valence-electron chi connectivity index (χ2n) is 4.68. The number of aryl methyl sites for hydroxylation is 1. The highest BCUT2D eigenvalue weighted by Crippen LogP contribution is 2.23. The molecule has 3 nitrogen and oxygen atoms in total. The molecule has 1 aromatic heterocycles. The molecule has 0 aliphatic carbocycles. The number of hydrogen-bond acceptors (Lipinski definition) is 3. The van der Waals surface area contributed by atoms with Gasteiger partial charge in [0.2, 0.25) is 0 Å². The third-order valence-electron chi connectivity index (χ3n) is 3.09. The van der Waals surface area contributed by atoms with Gasteiger partial charge in [0.1, 0.15) is 5.82 Å². The Kier molecular flexibility index (Phi) is 3.63. The van der Waals surface area contributed by atoms with E-state index in [1.807, 2.05) is 55.5 Å². The molecule has 0 fully saturated rings. The van der Waals surface area contributed by atoms with E-state index in [0.29, 0.717) is 0 Å². The zero-order valence-electron chi connectivity index (χ0n) is 11.1. The summed E-state index contributed by atoms with van der Waals surface area (Å²) in [6.07, 6.45) is 1.88. The molecule has 0 unspecified atom stereocenters. The van der Waals surface area contributed by atoms with Crippen LogP contribution in [0.1, 0.15) is 22.7 Å². The molecule has 0 radical (unpaired) electrons. The summed E-state index contributed by atoms with van der Waals surface area (Å²) < 4.78 is 0. The smallest absolute Gasteiger partial charge is 0.128 e.